The van der Waals surface area contributed by atoms with E-state index in [2.05, 4.69) is 12.1 Å². The zero-order chi connectivity index (χ0) is 17.4. The Bertz CT molecular complexity index is 729. The van der Waals surface area contributed by atoms with E-state index in [9.17, 15) is 14.4 Å². The molecule has 2 heterocycles. The lowest BCUT2D eigenvalue weighted by Gasteiger charge is -2.29. The molecule has 3 amide bonds. The van der Waals surface area contributed by atoms with E-state index in [0.29, 0.717) is 25.9 Å². The lowest BCUT2D eigenvalue weighted by Crippen LogP contribution is -2.39. The SMILES string of the molecule is O=C(CCN1C(=O)[C@@H]2CC=CC[C@H]2C1=O)N1CCc2ccccc2C1. The molecule has 3 aliphatic rings. The first-order valence-electron chi connectivity index (χ1n) is 9.00. The second-order valence-electron chi connectivity index (χ2n) is 7.07. The Morgan fingerprint density at radius 2 is 1.64 bits per heavy atom. The summed E-state index contributed by atoms with van der Waals surface area (Å²) in [6.45, 7) is 1.53. The minimum atomic E-state index is -0.213. The van der Waals surface area contributed by atoms with Crippen molar-refractivity contribution in [1.29, 1.82) is 0 Å². The Balaban J connectivity index is 1.37. The lowest BCUT2D eigenvalue weighted by atomic mass is 9.85. The van der Waals surface area contributed by atoms with Crippen molar-refractivity contribution in [2.75, 3.05) is 13.1 Å². The van der Waals surface area contributed by atoms with Crippen LogP contribution in [0.4, 0.5) is 0 Å². The van der Waals surface area contributed by atoms with Crippen LogP contribution in [0.5, 0.6) is 0 Å². The van der Waals surface area contributed by atoms with Crippen molar-refractivity contribution in [3.8, 4) is 0 Å². The van der Waals surface area contributed by atoms with Crippen molar-refractivity contribution in [2.24, 2.45) is 11.8 Å². The summed E-state index contributed by atoms with van der Waals surface area (Å²) in [6, 6.07) is 8.17. The Hall–Kier alpha value is -2.43. The third kappa shape index (κ3) is 2.88. The molecule has 0 unspecified atom stereocenters. The van der Waals surface area contributed by atoms with Crippen molar-refractivity contribution in [1.82, 2.24) is 9.80 Å². The molecule has 0 N–H and O–H groups in total. The van der Waals surface area contributed by atoms with Gasteiger partial charge in [-0.15, -0.1) is 0 Å². The summed E-state index contributed by atoms with van der Waals surface area (Å²) in [5, 5.41) is 0. The van der Waals surface area contributed by atoms with Gasteiger partial charge in [-0.25, -0.2) is 0 Å². The molecule has 1 aromatic carbocycles. The number of imide groups is 1. The number of likely N-dealkylation sites (tertiary alicyclic amines) is 1. The van der Waals surface area contributed by atoms with Crippen molar-refractivity contribution >= 4 is 17.7 Å². The molecule has 130 valence electrons. The molecule has 1 aromatic rings. The van der Waals surface area contributed by atoms with Gasteiger partial charge in [0.25, 0.3) is 0 Å². The maximum Gasteiger partial charge on any atom is 0.233 e. The molecule has 4 rings (SSSR count). The van der Waals surface area contributed by atoms with Crippen LogP contribution < -0.4 is 0 Å². The molecule has 0 bridgehead atoms. The zero-order valence-corrected chi connectivity index (χ0v) is 14.2. The van der Waals surface area contributed by atoms with Crippen LogP contribution in [0.1, 0.15) is 30.4 Å². The molecular weight excluding hydrogens is 316 g/mol. The largest absolute Gasteiger partial charge is 0.338 e. The first-order valence-corrected chi connectivity index (χ1v) is 9.00. The van der Waals surface area contributed by atoms with Gasteiger partial charge in [-0.3, -0.25) is 19.3 Å². The van der Waals surface area contributed by atoms with Gasteiger partial charge >= 0.3 is 0 Å². The van der Waals surface area contributed by atoms with Crippen molar-refractivity contribution in [3.05, 3.63) is 47.5 Å². The number of amides is 3. The number of rotatable bonds is 3. The minimum absolute atomic E-state index is 0.0168. The van der Waals surface area contributed by atoms with Gasteiger partial charge in [-0.2, -0.15) is 0 Å². The van der Waals surface area contributed by atoms with Gasteiger partial charge in [0, 0.05) is 26.1 Å². The predicted molar refractivity (Wildman–Crippen MR) is 92.3 cm³/mol. The van der Waals surface area contributed by atoms with E-state index < -0.39 is 0 Å². The van der Waals surface area contributed by atoms with Crippen LogP contribution in [-0.4, -0.2) is 40.6 Å². The van der Waals surface area contributed by atoms with E-state index >= 15 is 0 Å². The number of hydrogen-bond acceptors (Lipinski definition) is 3. The molecule has 0 saturated carbocycles. The summed E-state index contributed by atoms with van der Waals surface area (Å²) in [5.74, 6) is -0.612. The highest BCUT2D eigenvalue weighted by Gasteiger charge is 2.47. The van der Waals surface area contributed by atoms with Crippen LogP contribution in [0.25, 0.3) is 0 Å². The van der Waals surface area contributed by atoms with E-state index in [-0.39, 0.29) is 42.5 Å². The second kappa shape index (κ2) is 6.47. The third-order valence-electron chi connectivity index (χ3n) is 5.63. The molecule has 0 aromatic heterocycles. The number of allylic oxidation sites excluding steroid dienone is 2. The van der Waals surface area contributed by atoms with Crippen LogP contribution in [0.2, 0.25) is 0 Å². The van der Waals surface area contributed by atoms with E-state index in [1.165, 1.54) is 16.0 Å². The fraction of sp³-hybridized carbons (Fsp3) is 0.450. The van der Waals surface area contributed by atoms with Gasteiger partial charge in [0.15, 0.2) is 0 Å². The molecule has 2 atom stereocenters. The van der Waals surface area contributed by atoms with Gasteiger partial charge in [0.2, 0.25) is 17.7 Å². The highest BCUT2D eigenvalue weighted by atomic mass is 16.2. The monoisotopic (exact) mass is 338 g/mol. The van der Waals surface area contributed by atoms with Crippen LogP contribution in [-0.2, 0) is 27.3 Å². The van der Waals surface area contributed by atoms with Crippen molar-refractivity contribution in [3.63, 3.8) is 0 Å². The topological polar surface area (TPSA) is 57.7 Å². The van der Waals surface area contributed by atoms with Gasteiger partial charge in [-0.05, 0) is 30.4 Å². The molecule has 2 aliphatic heterocycles. The third-order valence-corrected chi connectivity index (χ3v) is 5.63. The maximum atomic E-state index is 12.6. The Labute approximate surface area is 147 Å². The van der Waals surface area contributed by atoms with Gasteiger partial charge in [-0.1, -0.05) is 36.4 Å². The summed E-state index contributed by atoms with van der Waals surface area (Å²) >= 11 is 0. The Morgan fingerprint density at radius 3 is 2.32 bits per heavy atom. The van der Waals surface area contributed by atoms with Crippen LogP contribution in [0.15, 0.2) is 36.4 Å². The Morgan fingerprint density at radius 1 is 1.00 bits per heavy atom. The highest BCUT2D eigenvalue weighted by Crippen LogP contribution is 2.35. The standard InChI is InChI=1S/C20H22N2O3/c23-18(21-11-9-14-5-1-2-6-15(14)13-21)10-12-22-19(24)16-7-3-4-8-17(16)20(22)25/h1-6,16-17H,7-13H2/t16-,17-/m1/s1. The summed E-state index contributed by atoms with van der Waals surface area (Å²) < 4.78 is 0. The molecule has 0 spiro atoms. The second-order valence-corrected chi connectivity index (χ2v) is 7.07. The lowest BCUT2D eigenvalue weighted by molar-refractivity contribution is -0.141. The van der Waals surface area contributed by atoms with Crippen LogP contribution >= 0.6 is 0 Å². The highest BCUT2D eigenvalue weighted by molar-refractivity contribution is 6.05. The van der Waals surface area contributed by atoms with E-state index in [0.717, 1.165) is 6.42 Å². The molecule has 25 heavy (non-hydrogen) atoms. The van der Waals surface area contributed by atoms with Gasteiger partial charge < -0.3 is 4.90 Å². The van der Waals surface area contributed by atoms with Crippen molar-refractivity contribution in [2.45, 2.75) is 32.2 Å². The maximum absolute atomic E-state index is 12.6. The van der Waals surface area contributed by atoms with E-state index in [1.54, 1.807) is 0 Å². The number of hydrogen-bond donors (Lipinski definition) is 0. The minimum Gasteiger partial charge on any atom is -0.338 e. The quantitative estimate of drug-likeness (QED) is 0.625. The number of benzene rings is 1. The van der Waals surface area contributed by atoms with E-state index in [4.69, 9.17) is 0 Å². The average molecular weight is 338 g/mol. The molecular formula is C20H22N2O3. The first-order chi connectivity index (χ1) is 12.1. The smallest absolute Gasteiger partial charge is 0.233 e. The fourth-order valence-electron chi connectivity index (χ4n) is 4.16. The predicted octanol–water partition coefficient (Wildman–Crippen LogP) is 1.91. The zero-order valence-electron chi connectivity index (χ0n) is 14.2. The number of carbonyl (C=O) groups excluding carboxylic acids is 3. The Kier molecular flexibility index (Phi) is 4.15. The normalized spacial score (nSPS) is 25.1. The fourth-order valence-corrected chi connectivity index (χ4v) is 4.16. The van der Waals surface area contributed by atoms with E-state index in [1.807, 2.05) is 29.2 Å². The van der Waals surface area contributed by atoms with Crippen LogP contribution in [0, 0.1) is 11.8 Å². The molecule has 1 fully saturated rings. The molecule has 0 radical (unpaired) electrons. The first kappa shape index (κ1) is 16.1. The summed E-state index contributed by atoms with van der Waals surface area (Å²) in [4.78, 5) is 40.6. The number of fused-ring (bicyclic) bond motifs is 2. The molecule has 5 heteroatoms. The number of carbonyl (C=O) groups is 3. The summed E-state index contributed by atoms with van der Waals surface area (Å²) in [5.41, 5.74) is 2.49. The number of nitrogens with zero attached hydrogens (tertiary/aromatic N) is 2. The molecule has 1 aliphatic carbocycles. The van der Waals surface area contributed by atoms with Gasteiger partial charge in [0.1, 0.15) is 0 Å². The van der Waals surface area contributed by atoms with Gasteiger partial charge in [0.05, 0.1) is 11.8 Å². The molecule has 1 saturated heterocycles. The summed E-state index contributed by atoms with van der Waals surface area (Å²) in [6.07, 6.45) is 6.31. The average Bonchev–Trinajstić information content (AvgIpc) is 2.90. The molecule has 5 nitrogen and oxygen atoms in total. The van der Waals surface area contributed by atoms with Crippen molar-refractivity contribution < 1.29 is 14.4 Å². The van der Waals surface area contributed by atoms with Crippen LogP contribution in [0.3, 0.4) is 0 Å². The summed E-state index contributed by atoms with van der Waals surface area (Å²) in [7, 11) is 0.